The highest BCUT2D eigenvalue weighted by atomic mass is 32.1. The molecule has 0 atom stereocenters. The smallest absolute Gasteiger partial charge is 0.265 e. The average molecular weight is 310 g/mol. The maximum absolute atomic E-state index is 12.3. The van der Waals surface area contributed by atoms with Crippen LogP contribution < -0.4 is 10.6 Å². The quantitative estimate of drug-likeness (QED) is 0.765. The third-order valence-corrected chi connectivity index (χ3v) is 4.20. The summed E-state index contributed by atoms with van der Waals surface area (Å²) in [6.07, 6.45) is 0. The van der Waals surface area contributed by atoms with Gasteiger partial charge in [-0.15, -0.1) is 11.3 Å². The second kappa shape index (κ2) is 5.99. The maximum atomic E-state index is 12.3. The number of carbonyl (C=O) groups excluding carboxylic acids is 2. The molecule has 0 bridgehead atoms. The van der Waals surface area contributed by atoms with E-state index in [4.69, 9.17) is 0 Å². The summed E-state index contributed by atoms with van der Waals surface area (Å²) in [6.45, 7) is 1.45. The Bertz CT molecular complexity index is 821. The largest absolute Gasteiger partial charge is 0.326 e. The van der Waals surface area contributed by atoms with E-state index in [0.717, 1.165) is 10.1 Å². The van der Waals surface area contributed by atoms with Crippen LogP contribution in [0.15, 0.2) is 54.6 Å². The first kappa shape index (κ1) is 14.3. The van der Waals surface area contributed by atoms with Crippen molar-refractivity contribution in [2.75, 3.05) is 10.6 Å². The summed E-state index contributed by atoms with van der Waals surface area (Å²) in [7, 11) is 0. The zero-order valence-corrected chi connectivity index (χ0v) is 12.7. The number of carbonyl (C=O) groups is 2. The average Bonchev–Trinajstić information content (AvgIpc) is 2.91. The molecule has 0 saturated heterocycles. The predicted octanol–water partition coefficient (Wildman–Crippen LogP) is 4.11. The zero-order valence-electron chi connectivity index (χ0n) is 11.9. The predicted molar refractivity (Wildman–Crippen MR) is 90.5 cm³/mol. The number of thiophene rings is 1. The highest BCUT2D eigenvalue weighted by Gasteiger charge is 2.10. The van der Waals surface area contributed by atoms with E-state index in [9.17, 15) is 9.59 Å². The van der Waals surface area contributed by atoms with E-state index in [1.165, 1.54) is 18.3 Å². The van der Waals surface area contributed by atoms with Crippen LogP contribution in [0, 0.1) is 0 Å². The van der Waals surface area contributed by atoms with Crippen LogP contribution in [0.2, 0.25) is 0 Å². The first-order valence-electron chi connectivity index (χ1n) is 6.79. The molecule has 22 heavy (non-hydrogen) atoms. The van der Waals surface area contributed by atoms with Crippen molar-refractivity contribution in [3.8, 4) is 0 Å². The molecule has 0 radical (unpaired) electrons. The molecule has 3 rings (SSSR count). The molecule has 0 fully saturated rings. The number of fused-ring (bicyclic) bond motifs is 1. The lowest BCUT2D eigenvalue weighted by atomic mass is 10.2. The van der Waals surface area contributed by atoms with Crippen molar-refractivity contribution >= 4 is 44.6 Å². The second-order valence-corrected chi connectivity index (χ2v) is 5.95. The summed E-state index contributed by atoms with van der Waals surface area (Å²) in [5.41, 5.74) is 1.30. The van der Waals surface area contributed by atoms with Crippen molar-refractivity contribution in [3.05, 3.63) is 59.5 Å². The van der Waals surface area contributed by atoms with Crippen molar-refractivity contribution in [3.63, 3.8) is 0 Å². The molecular weight excluding hydrogens is 296 g/mol. The molecule has 0 unspecified atom stereocenters. The van der Waals surface area contributed by atoms with Crippen molar-refractivity contribution in [1.82, 2.24) is 0 Å². The Morgan fingerprint density at radius 2 is 1.64 bits per heavy atom. The van der Waals surface area contributed by atoms with Crippen molar-refractivity contribution in [2.45, 2.75) is 6.92 Å². The molecule has 2 amide bonds. The first-order valence-corrected chi connectivity index (χ1v) is 7.61. The standard InChI is InChI=1S/C17H14N2O2S/c1-11(20)18-13-6-4-7-14(10-13)19-17(21)16-9-12-5-2-3-8-15(12)22-16/h2-10H,1H3,(H,18,20)(H,19,21). The molecule has 0 aliphatic rings. The van der Waals surface area contributed by atoms with Crippen molar-refractivity contribution in [2.24, 2.45) is 0 Å². The van der Waals surface area contributed by atoms with Crippen LogP contribution in [0.5, 0.6) is 0 Å². The lowest BCUT2D eigenvalue weighted by molar-refractivity contribution is -0.114. The number of amides is 2. The molecule has 2 aromatic carbocycles. The summed E-state index contributed by atoms with van der Waals surface area (Å²) in [5, 5.41) is 6.60. The Balaban J connectivity index is 1.80. The topological polar surface area (TPSA) is 58.2 Å². The Kier molecular flexibility index (Phi) is 3.89. The summed E-state index contributed by atoms with van der Waals surface area (Å²) >= 11 is 1.46. The highest BCUT2D eigenvalue weighted by molar-refractivity contribution is 7.20. The molecule has 1 heterocycles. The number of hydrogen-bond donors (Lipinski definition) is 2. The van der Waals surface area contributed by atoms with Gasteiger partial charge in [0, 0.05) is 23.0 Å². The van der Waals surface area contributed by atoms with Gasteiger partial charge in [-0.25, -0.2) is 0 Å². The first-order chi connectivity index (χ1) is 10.6. The monoisotopic (exact) mass is 310 g/mol. The van der Waals surface area contributed by atoms with E-state index in [1.54, 1.807) is 24.3 Å². The lowest BCUT2D eigenvalue weighted by Gasteiger charge is -2.06. The van der Waals surface area contributed by atoms with Gasteiger partial charge in [0.15, 0.2) is 0 Å². The minimum absolute atomic E-state index is 0.145. The molecule has 1 aromatic heterocycles. The fourth-order valence-electron chi connectivity index (χ4n) is 2.16. The number of nitrogens with one attached hydrogen (secondary N) is 2. The molecule has 0 aliphatic carbocycles. The molecule has 3 aromatic rings. The minimum atomic E-state index is -0.152. The Labute approximate surface area is 131 Å². The van der Waals surface area contributed by atoms with Gasteiger partial charge in [-0.1, -0.05) is 24.3 Å². The van der Waals surface area contributed by atoms with E-state index in [-0.39, 0.29) is 11.8 Å². The zero-order chi connectivity index (χ0) is 15.5. The van der Waals surface area contributed by atoms with Gasteiger partial charge in [0.25, 0.3) is 5.91 Å². The second-order valence-electron chi connectivity index (χ2n) is 4.86. The molecular formula is C17H14N2O2S. The van der Waals surface area contributed by atoms with Crippen LogP contribution in [0.25, 0.3) is 10.1 Å². The Morgan fingerprint density at radius 1 is 0.909 bits per heavy atom. The molecule has 0 spiro atoms. The van der Waals surface area contributed by atoms with Gasteiger partial charge < -0.3 is 10.6 Å². The fourth-order valence-corrected chi connectivity index (χ4v) is 3.12. The van der Waals surface area contributed by atoms with Crippen molar-refractivity contribution in [1.29, 1.82) is 0 Å². The van der Waals surface area contributed by atoms with Gasteiger partial charge >= 0.3 is 0 Å². The summed E-state index contributed by atoms with van der Waals surface area (Å²) in [5.74, 6) is -0.297. The minimum Gasteiger partial charge on any atom is -0.326 e. The third kappa shape index (κ3) is 3.15. The van der Waals surface area contributed by atoms with Crippen LogP contribution in [0.1, 0.15) is 16.6 Å². The van der Waals surface area contributed by atoms with Gasteiger partial charge in [0.1, 0.15) is 0 Å². The fraction of sp³-hybridized carbons (Fsp3) is 0.0588. The van der Waals surface area contributed by atoms with Gasteiger partial charge in [-0.2, -0.15) is 0 Å². The van der Waals surface area contributed by atoms with Gasteiger partial charge in [0.05, 0.1) is 4.88 Å². The van der Waals surface area contributed by atoms with E-state index < -0.39 is 0 Å². The van der Waals surface area contributed by atoms with Gasteiger partial charge in [0.2, 0.25) is 5.91 Å². The normalized spacial score (nSPS) is 10.4. The van der Waals surface area contributed by atoms with Crippen molar-refractivity contribution < 1.29 is 9.59 Å². The molecule has 5 heteroatoms. The van der Waals surface area contributed by atoms with E-state index in [1.807, 2.05) is 30.3 Å². The van der Waals surface area contributed by atoms with E-state index >= 15 is 0 Å². The summed E-state index contributed by atoms with van der Waals surface area (Å²) in [6, 6.07) is 16.8. The van der Waals surface area contributed by atoms with Crippen LogP contribution in [0.3, 0.4) is 0 Å². The Morgan fingerprint density at radius 3 is 2.36 bits per heavy atom. The molecule has 0 saturated carbocycles. The highest BCUT2D eigenvalue weighted by Crippen LogP contribution is 2.26. The molecule has 110 valence electrons. The van der Waals surface area contributed by atoms with E-state index in [2.05, 4.69) is 10.6 Å². The summed E-state index contributed by atoms with van der Waals surface area (Å²) < 4.78 is 1.08. The Hall–Kier alpha value is -2.66. The van der Waals surface area contributed by atoms with Crippen LogP contribution in [0.4, 0.5) is 11.4 Å². The van der Waals surface area contributed by atoms with Crippen LogP contribution >= 0.6 is 11.3 Å². The molecule has 4 nitrogen and oxygen atoms in total. The van der Waals surface area contributed by atoms with Gasteiger partial charge in [-0.3, -0.25) is 9.59 Å². The number of anilines is 2. The number of rotatable bonds is 3. The SMILES string of the molecule is CC(=O)Nc1cccc(NC(=O)c2cc3ccccc3s2)c1. The molecule has 0 aliphatic heterocycles. The number of hydrogen-bond acceptors (Lipinski definition) is 3. The van der Waals surface area contributed by atoms with E-state index in [0.29, 0.717) is 16.3 Å². The number of benzene rings is 2. The summed E-state index contributed by atoms with van der Waals surface area (Å²) in [4.78, 5) is 24.1. The van der Waals surface area contributed by atoms with Crippen LogP contribution in [-0.4, -0.2) is 11.8 Å². The lowest BCUT2D eigenvalue weighted by Crippen LogP contribution is -2.11. The maximum Gasteiger partial charge on any atom is 0.265 e. The molecule has 2 N–H and O–H groups in total. The van der Waals surface area contributed by atoms with Crippen LogP contribution in [-0.2, 0) is 4.79 Å². The third-order valence-electron chi connectivity index (χ3n) is 3.09. The van der Waals surface area contributed by atoms with Gasteiger partial charge in [-0.05, 0) is 35.7 Å².